The Kier molecular flexibility index (Phi) is 4.30. The molecule has 0 aliphatic rings. The molecule has 0 spiro atoms. The lowest BCUT2D eigenvalue weighted by Gasteiger charge is -2.17. The number of anilines is 1. The molecule has 0 radical (unpaired) electrons. The normalized spacial score (nSPS) is 11.6. The maximum absolute atomic E-state index is 4.17. The number of hydrogen-bond acceptors (Lipinski definition) is 3. The van der Waals surface area contributed by atoms with Crippen molar-refractivity contribution in [2.24, 2.45) is 0 Å². The van der Waals surface area contributed by atoms with E-state index < -0.39 is 0 Å². The summed E-state index contributed by atoms with van der Waals surface area (Å²) in [5.74, 6) is 0. The number of benzene rings is 1. The van der Waals surface area contributed by atoms with Gasteiger partial charge in [0.15, 0.2) is 0 Å². The summed E-state index contributed by atoms with van der Waals surface area (Å²) in [6, 6.07) is 6.02. The summed E-state index contributed by atoms with van der Waals surface area (Å²) in [5, 5.41) is 11.7. The molecule has 4 nitrogen and oxygen atoms in total. The van der Waals surface area contributed by atoms with Gasteiger partial charge in [-0.2, -0.15) is 0 Å². The van der Waals surface area contributed by atoms with Gasteiger partial charge in [0.05, 0.1) is 18.3 Å². The van der Waals surface area contributed by atoms with Crippen molar-refractivity contribution in [1.82, 2.24) is 15.0 Å². The highest BCUT2D eigenvalue weighted by Gasteiger charge is 2.14. The van der Waals surface area contributed by atoms with Crippen molar-refractivity contribution >= 4 is 37.5 Å². The first kappa shape index (κ1) is 14.5. The van der Waals surface area contributed by atoms with Crippen LogP contribution in [0.3, 0.4) is 0 Å². The van der Waals surface area contributed by atoms with Crippen molar-refractivity contribution in [2.45, 2.75) is 32.9 Å². The molecule has 1 aromatic heterocycles. The zero-order valence-corrected chi connectivity index (χ0v) is 14.3. The summed E-state index contributed by atoms with van der Waals surface area (Å²) in [4.78, 5) is 0. The zero-order valence-electron chi connectivity index (χ0n) is 11.1. The Morgan fingerprint density at radius 1 is 1.26 bits per heavy atom. The predicted molar refractivity (Wildman–Crippen MR) is 84.2 cm³/mol. The Morgan fingerprint density at radius 3 is 2.58 bits per heavy atom. The minimum atomic E-state index is -0.0382. The van der Waals surface area contributed by atoms with Gasteiger partial charge in [-0.25, -0.2) is 4.68 Å². The summed E-state index contributed by atoms with van der Waals surface area (Å²) in [6.45, 7) is 6.95. The Balaban J connectivity index is 2.04. The summed E-state index contributed by atoms with van der Waals surface area (Å²) < 4.78 is 3.94. The summed E-state index contributed by atoms with van der Waals surface area (Å²) in [5.41, 5.74) is 1.92. The molecule has 0 bridgehead atoms. The number of halogens is 2. The van der Waals surface area contributed by atoms with Gasteiger partial charge in [0.1, 0.15) is 5.69 Å². The molecule has 0 fully saturated rings. The van der Waals surface area contributed by atoms with E-state index in [9.17, 15) is 0 Å². The fourth-order valence-electron chi connectivity index (χ4n) is 1.53. The van der Waals surface area contributed by atoms with E-state index in [-0.39, 0.29) is 5.54 Å². The van der Waals surface area contributed by atoms with Crippen molar-refractivity contribution in [3.63, 3.8) is 0 Å². The van der Waals surface area contributed by atoms with Crippen molar-refractivity contribution in [3.05, 3.63) is 39.0 Å². The minimum absolute atomic E-state index is 0.0382. The van der Waals surface area contributed by atoms with Crippen LogP contribution < -0.4 is 5.32 Å². The Morgan fingerprint density at radius 2 is 2.00 bits per heavy atom. The highest BCUT2D eigenvalue weighted by molar-refractivity contribution is 9.11. The number of nitrogens with zero attached hydrogens (tertiary/aromatic N) is 3. The van der Waals surface area contributed by atoms with Crippen LogP contribution in [0.15, 0.2) is 33.3 Å². The van der Waals surface area contributed by atoms with Crippen LogP contribution in [0.1, 0.15) is 26.5 Å². The lowest BCUT2D eigenvalue weighted by atomic mass is 10.1. The average molecular weight is 388 g/mol. The van der Waals surface area contributed by atoms with Gasteiger partial charge in [0.25, 0.3) is 0 Å². The number of nitrogens with one attached hydrogen (secondary N) is 1. The van der Waals surface area contributed by atoms with Gasteiger partial charge in [-0.3, -0.25) is 0 Å². The number of aromatic nitrogens is 3. The predicted octanol–water partition coefficient (Wildman–Crippen LogP) is 4.17. The lowest BCUT2D eigenvalue weighted by Crippen LogP contribution is -2.22. The second-order valence-corrected chi connectivity index (χ2v) is 7.07. The molecule has 0 unspecified atom stereocenters. The van der Waals surface area contributed by atoms with Gasteiger partial charge in [0.2, 0.25) is 0 Å². The van der Waals surface area contributed by atoms with Gasteiger partial charge < -0.3 is 5.32 Å². The lowest BCUT2D eigenvalue weighted by molar-refractivity contribution is 0.347. The molecule has 0 saturated carbocycles. The first-order chi connectivity index (χ1) is 8.86. The molecule has 0 saturated heterocycles. The molecule has 1 N–H and O–H groups in total. The molecule has 1 aromatic carbocycles. The Labute approximate surface area is 129 Å². The molecule has 0 amide bonds. The first-order valence-corrected chi connectivity index (χ1v) is 7.55. The molecule has 0 aliphatic carbocycles. The molecule has 2 rings (SSSR count). The molecular formula is C13H16Br2N4. The van der Waals surface area contributed by atoms with E-state index in [1.807, 2.05) is 29.1 Å². The smallest absolute Gasteiger partial charge is 0.102 e. The molecule has 0 aliphatic heterocycles. The van der Waals surface area contributed by atoms with Crippen molar-refractivity contribution in [1.29, 1.82) is 0 Å². The van der Waals surface area contributed by atoms with E-state index in [0.717, 1.165) is 20.3 Å². The average Bonchev–Trinajstić information content (AvgIpc) is 2.76. The molecule has 1 heterocycles. The monoisotopic (exact) mass is 386 g/mol. The highest BCUT2D eigenvalue weighted by atomic mass is 79.9. The maximum Gasteiger partial charge on any atom is 0.102 e. The van der Waals surface area contributed by atoms with E-state index in [0.29, 0.717) is 6.54 Å². The maximum atomic E-state index is 4.17. The van der Waals surface area contributed by atoms with Crippen molar-refractivity contribution in [3.8, 4) is 0 Å². The van der Waals surface area contributed by atoms with Crippen LogP contribution in [0.2, 0.25) is 0 Å². The minimum Gasteiger partial charge on any atom is -0.378 e. The summed E-state index contributed by atoms with van der Waals surface area (Å²) in [7, 11) is 0. The fourth-order valence-corrected chi connectivity index (χ4v) is 2.71. The quantitative estimate of drug-likeness (QED) is 0.859. The molecule has 6 heteroatoms. The fraction of sp³-hybridized carbons (Fsp3) is 0.385. The van der Waals surface area contributed by atoms with Gasteiger partial charge in [0, 0.05) is 14.6 Å². The third-order valence-corrected chi connectivity index (χ3v) is 3.77. The van der Waals surface area contributed by atoms with Gasteiger partial charge in [-0.1, -0.05) is 21.1 Å². The number of rotatable bonds is 3. The molecular weight excluding hydrogens is 372 g/mol. The molecule has 19 heavy (non-hydrogen) atoms. The van der Waals surface area contributed by atoms with Crippen LogP contribution in [-0.4, -0.2) is 15.0 Å². The zero-order chi connectivity index (χ0) is 14.0. The Hall–Kier alpha value is -0.880. The second kappa shape index (κ2) is 5.63. The van der Waals surface area contributed by atoms with Crippen molar-refractivity contribution in [2.75, 3.05) is 5.32 Å². The molecule has 0 atom stereocenters. The second-order valence-electron chi connectivity index (χ2n) is 5.30. The largest absolute Gasteiger partial charge is 0.378 e. The van der Waals surface area contributed by atoms with E-state index in [4.69, 9.17) is 0 Å². The van der Waals surface area contributed by atoms with E-state index in [1.165, 1.54) is 0 Å². The third-order valence-electron chi connectivity index (χ3n) is 2.62. The topological polar surface area (TPSA) is 42.7 Å². The molecule has 2 aromatic rings. The van der Waals surface area contributed by atoms with E-state index in [2.05, 4.69) is 68.3 Å². The van der Waals surface area contributed by atoms with Gasteiger partial charge in [-0.15, -0.1) is 5.10 Å². The third kappa shape index (κ3) is 3.79. The standard InChI is InChI=1S/C13H16Br2N4/c1-13(2,3)19-8-10(17-18-19)7-16-12-5-4-9(14)6-11(12)15/h4-6,8,16H,7H2,1-3H3. The van der Waals surface area contributed by atoms with Crippen LogP contribution in [0.4, 0.5) is 5.69 Å². The Bertz CT molecular complexity index is 572. The highest BCUT2D eigenvalue weighted by Crippen LogP contribution is 2.26. The van der Waals surface area contributed by atoms with Crippen LogP contribution in [0, 0.1) is 0 Å². The van der Waals surface area contributed by atoms with Crippen LogP contribution in [0.5, 0.6) is 0 Å². The van der Waals surface area contributed by atoms with Crippen LogP contribution in [-0.2, 0) is 12.1 Å². The summed E-state index contributed by atoms with van der Waals surface area (Å²) >= 11 is 6.96. The van der Waals surface area contributed by atoms with Gasteiger partial charge >= 0.3 is 0 Å². The molecule has 102 valence electrons. The summed E-state index contributed by atoms with van der Waals surface area (Å²) in [6.07, 6.45) is 1.97. The van der Waals surface area contributed by atoms with Crippen LogP contribution >= 0.6 is 31.9 Å². The van der Waals surface area contributed by atoms with E-state index >= 15 is 0 Å². The first-order valence-electron chi connectivity index (χ1n) is 5.97. The van der Waals surface area contributed by atoms with Crippen molar-refractivity contribution < 1.29 is 0 Å². The SMILES string of the molecule is CC(C)(C)n1cc(CNc2ccc(Br)cc2Br)nn1. The van der Waals surface area contributed by atoms with E-state index in [1.54, 1.807) is 0 Å². The van der Waals surface area contributed by atoms with Crippen LogP contribution in [0.25, 0.3) is 0 Å². The number of hydrogen-bond donors (Lipinski definition) is 1. The van der Waals surface area contributed by atoms with Gasteiger partial charge in [-0.05, 0) is 54.9 Å².